The first-order valence-corrected chi connectivity index (χ1v) is 9.54. The zero-order chi connectivity index (χ0) is 19.2. The van der Waals surface area contributed by atoms with Gasteiger partial charge in [0.1, 0.15) is 5.82 Å². The number of hydrogen-bond donors (Lipinski definition) is 0. The van der Waals surface area contributed by atoms with Gasteiger partial charge in [0.05, 0.1) is 17.2 Å². The summed E-state index contributed by atoms with van der Waals surface area (Å²) in [6.45, 7) is 1.72. The Bertz CT molecular complexity index is 786. The van der Waals surface area contributed by atoms with Crippen molar-refractivity contribution < 1.29 is 18.0 Å². The number of nitrogens with zero attached hydrogens (tertiary/aromatic N) is 3. The third kappa shape index (κ3) is 3.31. The minimum atomic E-state index is -2.52. The third-order valence-corrected chi connectivity index (χ3v) is 6.32. The predicted octanol–water partition coefficient (Wildman–Crippen LogP) is 3.70. The van der Waals surface area contributed by atoms with Crippen molar-refractivity contribution in [2.75, 3.05) is 13.1 Å². The van der Waals surface area contributed by atoms with Gasteiger partial charge in [0.15, 0.2) is 0 Å². The molecule has 0 bridgehead atoms. The first-order chi connectivity index (χ1) is 12.9. The molecule has 1 saturated heterocycles. The minimum absolute atomic E-state index is 0.00266. The molecule has 2 fully saturated rings. The van der Waals surface area contributed by atoms with Crippen molar-refractivity contribution in [2.24, 2.45) is 0 Å². The maximum atomic E-state index is 14.1. The highest BCUT2D eigenvalue weighted by atomic mass is 19.3. The van der Waals surface area contributed by atoms with Crippen LogP contribution in [0.5, 0.6) is 0 Å². The number of carbonyl (C=O) groups is 1. The van der Waals surface area contributed by atoms with Gasteiger partial charge < -0.3 is 9.80 Å². The quantitative estimate of drug-likeness (QED) is 0.790. The van der Waals surface area contributed by atoms with E-state index in [1.807, 2.05) is 6.07 Å². The van der Waals surface area contributed by atoms with Crippen molar-refractivity contribution in [2.45, 2.75) is 63.1 Å². The lowest BCUT2D eigenvalue weighted by atomic mass is 9.89. The van der Waals surface area contributed by atoms with Crippen molar-refractivity contribution in [1.82, 2.24) is 9.80 Å². The first kappa shape index (κ1) is 18.3. The van der Waals surface area contributed by atoms with Gasteiger partial charge in [0.25, 0.3) is 5.91 Å². The molecule has 0 aromatic heterocycles. The second kappa shape index (κ2) is 6.83. The van der Waals surface area contributed by atoms with Crippen LogP contribution in [-0.2, 0) is 6.54 Å². The molecule has 144 valence electrons. The van der Waals surface area contributed by atoms with Gasteiger partial charge in [0.2, 0.25) is 5.92 Å². The zero-order valence-electron chi connectivity index (χ0n) is 15.1. The second-order valence-corrected chi connectivity index (χ2v) is 7.85. The molecule has 0 spiro atoms. The van der Waals surface area contributed by atoms with Crippen LogP contribution in [0, 0.1) is 17.1 Å². The standard InChI is InChI=1S/C20H22F3N3O/c21-17-2-1-13(11-24)18-16(17)12-26(19(18)27)15-5-9-25(10-6-15)14-3-7-20(22,23)8-4-14/h1-2,14-15H,3-10,12H2. The van der Waals surface area contributed by atoms with Crippen LogP contribution < -0.4 is 0 Å². The SMILES string of the molecule is N#Cc1ccc(F)c2c1C(=O)N(C1CCN(C3CCC(F)(F)CC3)CC1)C2. The van der Waals surface area contributed by atoms with Crippen molar-refractivity contribution in [1.29, 1.82) is 5.26 Å². The molecular weight excluding hydrogens is 355 g/mol. The number of carbonyl (C=O) groups excluding carboxylic acids is 1. The molecule has 1 aliphatic carbocycles. The topological polar surface area (TPSA) is 47.3 Å². The normalized spacial score (nSPS) is 24.1. The molecule has 0 unspecified atom stereocenters. The van der Waals surface area contributed by atoms with Crippen LogP contribution in [-0.4, -0.2) is 46.8 Å². The van der Waals surface area contributed by atoms with E-state index in [-0.39, 0.29) is 48.5 Å². The maximum Gasteiger partial charge on any atom is 0.256 e. The van der Waals surface area contributed by atoms with Crippen LogP contribution in [0.4, 0.5) is 13.2 Å². The molecule has 0 N–H and O–H groups in total. The fourth-order valence-electron chi connectivity index (χ4n) is 4.75. The lowest BCUT2D eigenvalue weighted by Crippen LogP contribution is -2.49. The summed E-state index contributed by atoms with van der Waals surface area (Å²) in [6.07, 6.45) is 2.43. The van der Waals surface area contributed by atoms with E-state index in [2.05, 4.69) is 4.90 Å². The monoisotopic (exact) mass is 377 g/mol. The largest absolute Gasteiger partial charge is 0.331 e. The lowest BCUT2D eigenvalue weighted by molar-refractivity contribution is -0.0574. The molecule has 1 amide bonds. The van der Waals surface area contributed by atoms with Crippen LogP contribution in [0.25, 0.3) is 0 Å². The van der Waals surface area contributed by atoms with E-state index in [0.29, 0.717) is 18.4 Å². The van der Waals surface area contributed by atoms with Crippen molar-refractivity contribution in [3.8, 4) is 6.07 Å². The Morgan fingerprint density at radius 1 is 1.07 bits per heavy atom. The molecule has 0 radical (unpaired) electrons. The van der Waals surface area contributed by atoms with Gasteiger partial charge in [-0.25, -0.2) is 13.2 Å². The van der Waals surface area contributed by atoms with Gasteiger partial charge >= 0.3 is 0 Å². The van der Waals surface area contributed by atoms with Crippen LogP contribution in [0.15, 0.2) is 12.1 Å². The Kier molecular flexibility index (Phi) is 4.63. The molecule has 0 atom stereocenters. The van der Waals surface area contributed by atoms with E-state index < -0.39 is 11.7 Å². The fraction of sp³-hybridized carbons (Fsp3) is 0.600. The molecule has 4 nitrogen and oxygen atoms in total. The third-order valence-electron chi connectivity index (χ3n) is 6.32. The maximum absolute atomic E-state index is 14.1. The summed E-state index contributed by atoms with van der Waals surface area (Å²) >= 11 is 0. The van der Waals surface area contributed by atoms with E-state index in [4.69, 9.17) is 0 Å². The van der Waals surface area contributed by atoms with Crippen LogP contribution in [0.1, 0.15) is 60.0 Å². The number of hydrogen-bond acceptors (Lipinski definition) is 3. The number of piperidine rings is 1. The van der Waals surface area contributed by atoms with E-state index in [1.165, 1.54) is 12.1 Å². The fourth-order valence-corrected chi connectivity index (χ4v) is 4.75. The van der Waals surface area contributed by atoms with E-state index in [1.54, 1.807) is 4.90 Å². The van der Waals surface area contributed by atoms with Crippen molar-refractivity contribution in [3.05, 3.63) is 34.6 Å². The average molecular weight is 377 g/mol. The number of nitriles is 1. The van der Waals surface area contributed by atoms with Crippen molar-refractivity contribution in [3.63, 3.8) is 0 Å². The number of alkyl halides is 2. The predicted molar refractivity (Wildman–Crippen MR) is 92.8 cm³/mol. The number of halogens is 3. The highest BCUT2D eigenvalue weighted by molar-refractivity contribution is 6.00. The number of fused-ring (bicyclic) bond motifs is 1. The van der Waals surface area contributed by atoms with Crippen LogP contribution >= 0.6 is 0 Å². The van der Waals surface area contributed by atoms with Crippen LogP contribution in [0.3, 0.4) is 0 Å². The van der Waals surface area contributed by atoms with Gasteiger partial charge in [-0.1, -0.05) is 0 Å². The first-order valence-electron chi connectivity index (χ1n) is 9.54. The lowest BCUT2D eigenvalue weighted by Gasteiger charge is -2.42. The van der Waals surface area contributed by atoms with E-state index >= 15 is 0 Å². The highest BCUT2D eigenvalue weighted by Crippen LogP contribution is 2.37. The number of rotatable bonds is 2. The summed E-state index contributed by atoms with van der Waals surface area (Å²) in [6, 6.07) is 4.78. The summed E-state index contributed by atoms with van der Waals surface area (Å²) in [5, 5.41) is 9.22. The Morgan fingerprint density at radius 2 is 1.74 bits per heavy atom. The molecule has 4 rings (SSSR count). The van der Waals surface area contributed by atoms with Crippen molar-refractivity contribution >= 4 is 5.91 Å². The Morgan fingerprint density at radius 3 is 2.37 bits per heavy atom. The Labute approximate surface area is 156 Å². The van der Waals surface area contributed by atoms with Crippen LogP contribution in [0.2, 0.25) is 0 Å². The van der Waals surface area contributed by atoms with E-state index in [0.717, 1.165) is 25.9 Å². The van der Waals surface area contributed by atoms with Gasteiger partial charge in [-0.15, -0.1) is 0 Å². The number of amides is 1. The molecule has 2 heterocycles. The molecule has 3 aliphatic rings. The summed E-state index contributed by atoms with van der Waals surface area (Å²) in [7, 11) is 0. The minimum Gasteiger partial charge on any atom is -0.331 e. The average Bonchev–Trinajstić information content (AvgIpc) is 3.01. The van der Waals surface area contributed by atoms with Gasteiger partial charge in [-0.2, -0.15) is 5.26 Å². The molecule has 1 aromatic carbocycles. The Balaban J connectivity index is 1.40. The van der Waals surface area contributed by atoms with E-state index in [9.17, 15) is 23.2 Å². The molecule has 27 heavy (non-hydrogen) atoms. The van der Waals surface area contributed by atoms with Gasteiger partial charge in [-0.05, 0) is 37.8 Å². The zero-order valence-corrected chi connectivity index (χ0v) is 15.1. The molecule has 7 heteroatoms. The molecule has 1 saturated carbocycles. The van der Waals surface area contributed by atoms with Gasteiger partial charge in [0, 0.05) is 50.1 Å². The number of benzene rings is 1. The summed E-state index contributed by atoms with van der Waals surface area (Å²) in [4.78, 5) is 16.7. The molecular formula is C20H22F3N3O. The van der Waals surface area contributed by atoms with Gasteiger partial charge in [-0.3, -0.25) is 4.79 Å². The highest BCUT2D eigenvalue weighted by Gasteiger charge is 2.40. The molecule has 1 aromatic rings. The Hall–Kier alpha value is -2.07. The smallest absolute Gasteiger partial charge is 0.256 e. The summed E-state index contributed by atoms with van der Waals surface area (Å²) in [5.74, 6) is -3.23. The summed E-state index contributed by atoms with van der Waals surface area (Å²) in [5.41, 5.74) is 0.741. The summed E-state index contributed by atoms with van der Waals surface area (Å²) < 4.78 is 40.9. The number of likely N-dealkylation sites (tertiary alicyclic amines) is 1. The molecule has 2 aliphatic heterocycles. The second-order valence-electron chi connectivity index (χ2n) is 7.85.